The van der Waals surface area contributed by atoms with Gasteiger partial charge in [0.1, 0.15) is 24.8 Å². The fourth-order valence-electron chi connectivity index (χ4n) is 1.30. The van der Waals surface area contributed by atoms with Crippen molar-refractivity contribution in [3.63, 3.8) is 0 Å². The molecule has 0 bridgehead atoms. The fourth-order valence-corrected chi connectivity index (χ4v) is 1.30. The molecular formula is C14H16BN4O. The molecule has 0 saturated carbocycles. The molecule has 1 heterocycles. The highest BCUT2D eigenvalue weighted by atomic mass is 16.4. The van der Waals surface area contributed by atoms with Gasteiger partial charge in [0.15, 0.2) is 11.9 Å². The zero-order chi connectivity index (χ0) is 15.4. The second-order valence-corrected chi connectivity index (χ2v) is 4.02. The van der Waals surface area contributed by atoms with Gasteiger partial charge in [-0.25, -0.2) is 4.57 Å². The van der Waals surface area contributed by atoms with Crippen LogP contribution in [0.1, 0.15) is 25.5 Å². The van der Waals surface area contributed by atoms with E-state index in [4.69, 9.17) is 15.8 Å². The van der Waals surface area contributed by atoms with Crippen molar-refractivity contribution >= 4 is 8.05 Å². The number of hydrogen-bond acceptors (Lipinski definition) is 4. The third-order valence-corrected chi connectivity index (χ3v) is 2.57. The fraction of sp³-hybridized carbons (Fsp3) is 0.429. The van der Waals surface area contributed by atoms with Crippen molar-refractivity contribution in [2.45, 2.75) is 38.8 Å². The Labute approximate surface area is 121 Å². The molecule has 0 aliphatic carbocycles. The lowest BCUT2D eigenvalue weighted by molar-refractivity contribution is -0.703. The summed E-state index contributed by atoms with van der Waals surface area (Å²) in [6.45, 7) is 5.53. The second kappa shape index (κ2) is 9.56. The first-order valence-corrected chi connectivity index (χ1v) is 6.15. The molecule has 0 N–H and O–H groups in total. The van der Waals surface area contributed by atoms with Crippen LogP contribution in [0.3, 0.4) is 0 Å². The van der Waals surface area contributed by atoms with E-state index in [1.54, 1.807) is 0 Å². The maximum absolute atomic E-state index is 8.08. The highest BCUT2D eigenvalue weighted by Crippen LogP contribution is 2.02. The predicted molar refractivity (Wildman–Crippen MR) is 72.7 cm³/mol. The predicted octanol–water partition coefficient (Wildman–Crippen LogP) is 1.48. The number of hydrogen-bond donors (Lipinski definition) is 0. The molecule has 0 aromatic carbocycles. The number of pyridine rings is 1. The first kappa shape index (κ1) is 17.6. The first-order valence-electron chi connectivity index (χ1n) is 6.15. The average molecular weight is 267 g/mol. The minimum atomic E-state index is -2.14. The normalized spacial score (nSPS) is 9.40. The monoisotopic (exact) mass is 267 g/mol. The number of nitriles is 3. The van der Waals surface area contributed by atoms with Crippen LogP contribution in [0.4, 0.5) is 0 Å². The molecule has 0 aliphatic heterocycles. The van der Waals surface area contributed by atoms with Crippen LogP contribution in [0.15, 0.2) is 24.4 Å². The summed E-state index contributed by atoms with van der Waals surface area (Å²) in [4.78, 5) is 0. The molecule has 0 fully saturated rings. The number of aromatic nitrogens is 1. The van der Waals surface area contributed by atoms with Crippen molar-refractivity contribution in [2.24, 2.45) is 0 Å². The van der Waals surface area contributed by atoms with Gasteiger partial charge in [-0.05, 0) is 0 Å². The molecule has 0 aliphatic rings. The van der Waals surface area contributed by atoms with E-state index in [0.717, 1.165) is 6.54 Å². The van der Waals surface area contributed by atoms with E-state index >= 15 is 0 Å². The summed E-state index contributed by atoms with van der Waals surface area (Å²) in [7, 11) is 4.47. The smallest absolute Gasteiger partial charge is 0.282 e. The van der Waals surface area contributed by atoms with Crippen molar-refractivity contribution in [1.82, 2.24) is 0 Å². The van der Waals surface area contributed by atoms with Crippen molar-refractivity contribution in [1.29, 1.82) is 15.8 Å². The zero-order valence-electron chi connectivity index (χ0n) is 11.7. The maximum atomic E-state index is 8.08. The van der Waals surface area contributed by atoms with E-state index in [2.05, 4.69) is 55.5 Å². The van der Waals surface area contributed by atoms with E-state index in [9.17, 15) is 0 Å². The molecule has 1 aromatic heterocycles. The van der Waals surface area contributed by atoms with Crippen LogP contribution in [0, 0.1) is 40.9 Å². The van der Waals surface area contributed by atoms with Gasteiger partial charge in [0.2, 0.25) is 0 Å². The summed E-state index contributed by atoms with van der Waals surface area (Å²) >= 11 is 0. The van der Waals surface area contributed by atoms with Crippen molar-refractivity contribution < 1.29 is 9.22 Å². The number of nitrogens with zero attached hydrogens (tertiary/aromatic N) is 4. The SMILES string of the molecule is CCCC[n+]1ccccc1C.[B-]OC(C#N)(C#N)C#N. The summed E-state index contributed by atoms with van der Waals surface area (Å²) in [5, 5.41) is 24.2. The van der Waals surface area contributed by atoms with Gasteiger partial charge in [-0.3, -0.25) is 0 Å². The van der Waals surface area contributed by atoms with Gasteiger partial charge in [-0.1, -0.05) is 19.4 Å². The van der Waals surface area contributed by atoms with Gasteiger partial charge in [0, 0.05) is 25.5 Å². The summed E-state index contributed by atoms with van der Waals surface area (Å²) in [5.74, 6) is 0. The molecule has 1 rings (SSSR count). The van der Waals surface area contributed by atoms with Gasteiger partial charge in [-0.15, -0.1) is 0 Å². The van der Waals surface area contributed by atoms with Gasteiger partial charge in [-0.2, -0.15) is 15.8 Å². The van der Waals surface area contributed by atoms with Crippen LogP contribution in [-0.2, 0) is 11.2 Å². The Balaban J connectivity index is 0.000000370. The maximum Gasteiger partial charge on any atom is 0.282 e. The Morgan fingerprint density at radius 2 is 1.85 bits per heavy atom. The van der Waals surface area contributed by atoms with Crippen LogP contribution in [0.2, 0.25) is 0 Å². The molecule has 3 radical (unpaired) electrons. The Bertz CT molecular complexity index is 503. The van der Waals surface area contributed by atoms with E-state index in [1.807, 2.05) is 0 Å². The van der Waals surface area contributed by atoms with Crippen molar-refractivity contribution in [2.75, 3.05) is 0 Å². The highest BCUT2D eigenvalue weighted by Gasteiger charge is 2.22. The molecule has 0 spiro atoms. The number of aryl methyl sites for hydroxylation is 2. The lowest BCUT2D eigenvalue weighted by Gasteiger charge is -2.18. The molecule has 0 unspecified atom stereocenters. The van der Waals surface area contributed by atoms with Gasteiger partial charge in [0.05, 0.1) is 0 Å². The third kappa shape index (κ3) is 5.52. The molecule has 20 heavy (non-hydrogen) atoms. The quantitative estimate of drug-likeness (QED) is 0.610. The van der Waals surface area contributed by atoms with Crippen molar-refractivity contribution in [3.8, 4) is 18.2 Å². The largest absolute Gasteiger partial charge is 0.666 e. The third-order valence-electron chi connectivity index (χ3n) is 2.57. The van der Waals surface area contributed by atoms with E-state index < -0.39 is 5.60 Å². The molecule has 101 valence electrons. The Hall–Kier alpha value is -2.36. The topological polar surface area (TPSA) is 84.5 Å². The second-order valence-electron chi connectivity index (χ2n) is 4.02. The Kier molecular flexibility index (Phi) is 8.43. The minimum Gasteiger partial charge on any atom is -0.666 e. The molecule has 5 nitrogen and oxygen atoms in total. The Morgan fingerprint density at radius 1 is 1.25 bits per heavy atom. The Morgan fingerprint density at radius 3 is 2.20 bits per heavy atom. The van der Waals surface area contributed by atoms with Gasteiger partial charge >= 0.3 is 0 Å². The van der Waals surface area contributed by atoms with E-state index in [1.165, 1.54) is 36.7 Å². The molecule has 0 atom stereocenters. The van der Waals surface area contributed by atoms with Crippen LogP contribution in [-0.4, -0.2) is 13.7 Å². The van der Waals surface area contributed by atoms with E-state index in [0.29, 0.717) is 0 Å². The summed E-state index contributed by atoms with van der Waals surface area (Å²) in [6.07, 6.45) is 4.68. The van der Waals surface area contributed by atoms with Crippen LogP contribution >= 0.6 is 0 Å². The summed E-state index contributed by atoms with van der Waals surface area (Å²) in [6, 6.07) is 10.2. The van der Waals surface area contributed by atoms with Crippen LogP contribution in [0.25, 0.3) is 0 Å². The van der Waals surface area contributed by atoms with Crippen LogP contribution < -0.4 is 4.57 Å². The van der Waals surface area contributed by atoms with Gasteiger partial charge in [0.25, 0.3) is 5.60 Å². The lowest BCUT2D eigenvalue weighted by Crippen LogP contribution is -2.36. The summed E-state index contributed by atoms with van der Waals surface area (Å²) in [5.41, 5.74) is -0.791. The highest BCUT2D eigenvalue weighted by molar-refractivity contribution is 5.99. The molecular weight excluding hydrogens is 251 g/mol. The molecule has 1 aromatic rings. The van der Waals surface area contributed by atoms with Crippen molar-refractivity contribution in [3.05, 3.63) is 30.1 Å². The zero-order valence-corrected chi connectivity index (χ0v) is 11.7. The molecule has 6 heteroatoms. The summed E-state index contributed by atoms with van der Waals surface area (Å²) < 4.78 is 6.10. The standard InChI is InChI=1S/C10H16N.C4BN3O/c1-3-4-8-11-9-6-5-7-10(11)2;5-9-4(1-6,2-7)3-8/h5-7,9H,3-4,8H2,1-2H3;/q+1;-1. The minimum absolute atomic E-state index is 1.16. The van der Waals surface area contributed by atoms with Crippen LogP contribution in [0.5, 0.6) is 0 Å². The average Bonchev–Trinajstić information content (AvgIpc) is 2.50. The number of rotatable bonds is 4. The number of unbranched alkanes of at least 4 members (excludes halogenated alkanes) is 1. The lowest BCUT2D eigenvalue weighted by atomic mass is 10.1. The molecule has 0 saturated heterocycles. The van der Waals surface area contributed by atoms with E-state index in [-0.39, 0.29) is 0 Å². The first-order chi connectivity index (χ1) is 9.59. The van der Waals surface area contributed by atoms with Gasteiger partial charge < -0.3 is 12.7 Å². The molecule has 0 amide bonds.